The summed E-state index contributed by atoms with van der Waals surface area (Å²) in [5.41, 5.74) is 0.545. The second kappa shape index (κ2) is 6.12. The van der Waals surface area contributed by atoms with Crippen molar-refractivity contribution < 1.29 is 19.4 Å². The molecule has 0 bridgehead atoms. The molecule has 1 N–H and O–H groups in total. The maximum Gasteiger partial charge on any atom is 0.341 e. The summed E-state index contributed by atoms with van der Waals surface area (Å²) < 4.78 is 4.93. The van der Waals surface area contributed by atoms with E-state index in [1.807, 2.05) is 0 Å². The van der Waals surface area contributed by atoms with Crippen LogP contribution in [0.2, 0.25) is 0 Å². The van der Waals surface area contributed by atoms with Crippen molar-refractivity contribution in [1.82, 2.24) is 0 Å². The van der Waals surface area contributed by atoms with Gasteiger partial charge in [-0.3, -0.25) is 4.79 Å². The lowest BCUT2D eigenvalue weighted by Gasteiger charge is -2.03. The zero-order chi connectivity index (χ0) is 12.0. The number of hydrogen-bond acceptors (Lipinski definition) is 3. The van der Waals surface area contributed by atoms with Crippen molar-refractivity contribution >= 4 is 23.4 Å². The van der Waals surface area contributed by atoms with Crippen molar-refractivity contribution in [3.05, 3.63) is 29.8 Å². The van der Waals surface area contributed by atoms with Crippen LogP contribution in [0.25, 0.3) is 0 Å². The number of carboxylic acid groups (broad SMARTS) is 1. The molecule has 1 aromatic rings. The van der Waals surface area contributed by atoms with Crippen molar-refractivity contribution in [2.75, 3.05) is 12.5 Å². The number of ether oxygens (including phenoxy) is 1. The quantitative estimate of drug-likeness (QED) is 0.612. The molecule has 0 aliphatic rings. The molecule has 0 spiro atoms. The minimum absolute atomic E-state index is 0.0419. The molecule has 86 valence electrons. The average Bonchev–Trinajstić information content (AvgIpc) is 2.27. The highest BCUT2D eigenvalue weighted by Gasteiger charge is 2.05. The van der Waals surface area contributed by atoms with Crippen molar-refractivity contribution in [3.8, 4) is 5.75 Å². The fourth-order valence-corrected chi connectivity index (χ4v) is 1.28. The molecule has 4 nitrogen and oxygen atoms in total. The van der Waals surface area contributed by atoms with Gasteiger partial charge in [-0.25, -0.2) is 4.79 Å². The normalized spacial score (nSPS) is 9.81. The Morgan fingerprint density at radius 1 is 1.25 bits per heavy atom. The van der Waals surface area contributed by atoms with E-state index < -0.39 is 12.6 Å². The van der Waals surface area contributed by atoms with Crippen LogP contribution in [0.4, 0.5) is 0 Å². The summed E-state index contributed by atoms with van der Waals surface area (Å²) in [4.78, 5) is 21.6. The molecule has 0 aromatic heterocycles. The average molecular weight is 243 g/mol. The van der Waals surface area contributed by atoms with Gasteiger partial charge in [0.25, 0.3) is 0 Å². The maximum atomic E-state index is 11.4. The number of aliphatic carboxylic acids is 1. The molecule has 0 fully saturated rings. The Balaban J connectivity index is 2.60. The molecule has 0 saturated heterocycles. The van der Waals surface area contributed by atoms with Crippen LogP contribution in [0.1, 0.15) is 16.8 Å². The molecule has 5 heteroatoms. The highest BCUT2D eigenvalue weighted by molar-refractivity contribution is 6.19. The lowest BCUT2D eigenvalue weighted by molar-refractivity contribution is -0.139. The van der Waals surface area contributed by atoms with Crippen LogP contribution in [0, 0.1) is 0 Å². The number of carbonyl (C=O) groups is 2. The maximum absolute atomic E-state index is 11.4. The SMILES string of the molecule is O=C(O)COc1ccc(C(=O)CCCl)cc1. The first-order chi connectivity index (χ1) is 7.63. The molecule has 0 saturated carbocycles. The number of carbonyl (C=O) groups excluding carboxylic acids is 1. The second-order valence-electron chi connectivity index (χ2n) is 3.07. The van der Waals surface area contributed by atoms with Gasteiger partial charge < -0.3 is 9.84 Å². The van der Waals surface area contributed by atoms with Gasteiger partial charge in [-0.15, -0.1) is 11.6 Å². The molecule has 0 radical (unpaired) electrons. The summed E-state index contributed by atoms with van der Waals surface area (Å²) in [5, 5.41) is 8.39. The molecule has 1 aromatic carbocycles. The number of carboxylic acids is 1. The lowest BCUT2D eigenvalue weighted by Crippen LogP contribution is -2.09. The van der Waals surface area contributed by atoms with E-state index in [4.69, 9.17) is 21.4 Å². The van der Waals surface area contributed by atoms with E-state index in [2.05, 4.69) is 0 Å². The predicted octanol–water partition coefficient (Wildman–Crippen LogP) is 1.96. The smallest absolute Gasteiger partial charge is 0.341 e. The number of ketones is 1. The lowest BCUT2D eigenvalue weighted by atomic mass is 10.1. The van der Waals surface area contributed by atoms with Crippen LogP contribution in [-0.2, 0) is 4.79 Å². The van der Waals surface area contributed by atoms with Crippen molar-refractivity contribution in [2.24, 2.45) is 0 Å². The third-order valence-corrected chi connectivity index (χ3v) is 2.05. The van der Waals surface area contributed by atoms with Gasteiger partial charge in [-0.2, -0.15) is 0 Å². The Labute approximate surface area is 97.8 Å². The fraction of sp³-hybridized carbons (Fsp3) is 0.273. The third-order valence-electron chi connectivity index (χ3n) is 1.86. The molecule has 0 atom stereocenters. The van der Waals surface area contributed by atoms with Crippen LogP contribution in [0.3, 0.4) is 0 Å². The minimum atomic E-state index is -1.04. The van der Waals surface area contributed by atoms with Gasteiger partial charge in [-0.1, -0.05) is 0 Å². The first kappa shape index (κ1) is 12.5. The molecule has 0 aliphatic carbocycles. The van der Waals surface area contributed by atoms with Crippen molar-refractivity contribution in [2.45, 2.75) is 6.42 Å². The number of alkyl halides is 1. The van der Waals surface area contributed by atoms with Gasteiger partial charge in [0.15, 0.2) is 12.4 Å². The van der Waals surface area contributed by atoms with Gasteiger partial charge in [0, 0.05) is 17.9 Å². The fourth-order valence-electron chi connectivity index (χ4n) is 1.11. The van der Waals surface area contributed by atoms with Crippen LogP contribution in [0.5, 0.6) is 5.75 Å². The minimum Gasteiger partial charge on any atom is -0.482 e. The highest BCUT2D eigenvalue weighted by atomic mass is 35.5. The van der Waals surface area contributed by atoms with E-state index in [1.54, 1.807) is 24.3 Å². The van der Waals surface area contributed by atoms with Crippen LogP contribution in [-0.4, -0.2) is 29.3 Å². The zero-order valence-electron chi connectivity index (χ0n) is 8.48. The van der Waals surface area contributed by atoms with Crippen LogP contribution in [0.15, 0.2) is 24.3 Å². The van der Waals surface area contributed by atoms with Gasteiger partial charge >= 0.3 is 5.97 Å². The number of rotatable bonds is 6. The topological polar surface area (TPSA) is 63.6 Å². The summed E-state index contributed by atoms with van der Waals surface area (Å²) in [5.74, 6) is -0.372. The molecular formula is C11H11ClO4. The number of hydrogen-bond donors (Lipinski definition) is 1. The molecule has 0 unspecified atom stereocenters. The highest BCUT2D eigenvalue weighted by Crippen LogP contribution is 2.13. The standard InChI is InChI=1S/C11H11ClO4/c12-6-5-10(13)8-1-3-9(4-2-8)16-7-11(14)15/h1-4H,5-7H2,(H,14,15). The van der Waals surface area contributed by atoms with Crippen LogP contribution < -0.4 is 4.74 Å². The third kappa shape index (κ3) is 3.90. The largest absolute Gasteiger partial charge is 0.482 e. The Morgan fingerprint density at radius 3 is 2.38 bits per heavy atom. The zero-order valence-corrected chi connectivity index (χ0v) is 9.24. The van der Waals surface area contributed by atoms with Gasteiger partial charge in [0.1, 0.15) is 5.75 Å². The van der Waals surface area contributed by atoms with Crippen molar-refractivity contribution in [3.63, 3.8) is 0 Å². The van der Waals surface area contributed by atoms with E-state index in [9.17, 15) is 9.59 Å². The monoisotopic (exact) mass is 242 g/mol. The van der Waals surface area contributed by atoms with Gasteiger partial charge in [-0.05, 0) is 24.3 Å². The number of benzene rings is 1. The molecule has 1 rings (SSSR count). The van der Waals surface area contributed by atoms with E-state index in [-0.39, 0.29) is 18.1 Å². The van der Waals surface area contributed by atoms with E-state index >= 15 is 0 Å². The van der Waals surface area contributed by atoms with Gasteiger partial charge in [0.05, 0.1) is 0 Å². The Morgan fingerprint density at radius 2 is 1.88 bits per heavy atom. The first-order valence-corrected chi connectivity index (χ1v) is 5.20. The van der Waals surface area contributed by atoms with Gasteiger partial charge in [0.2, 0.25) is 0 Å². The second-order valence-corrected chi connectivity index (χ2v) is 3.45. The molecule has 0 amide bonds. The Kier molecular flexibility index (Phi) is 4.79. The predicted molar refractivity (Wildman–Crippen MR) is 59.2 cm³/mol. The van der Waals surface area contributed by atoms with E-state index in [0.717, 1.165) is 0 Å². The molecule has 0 aliphatic heterocycles. The molecular weight excluding hydrogens is 232 g/mol. The Bertz CT molecular complexity index is 372. The number of halogens is 1. The molecule has 16 heavy (non-hydrogen) atoms. The van der Waals surface area contributed by atoms with Crippen molar-refractivity contribution in [1.29, 1.82) is 0 Å². The molecule has 0 heterocycles. The summed E-state index contributed by atoms with van der Waals surface area (Å²) in [6, 6.07) is 6.30. The van der Waals surface area contributed by atoms with E-state index in [0.29, 0.717) is 11.3 Å². The van der Waals surface area contributed by atoms with E-state index in [1.165, 1.54) is 0 Å². The number of Topliss-reactive ketones (excluding diaryl/α,β-unsaturated/α-hetero) is 1. The summed E-state index contributed by atoms with van der Waals surface area (Å²) in [7, 11) is 0. The summed E-state index contributed by atoms with van der Waals surface area (Å²) >= 11 is 5.45. The Hall–Kier alpha value is -1.55. The summed E-state index contributed by atoms with van der Waals surface area (Å²) in [6.45, 7) is -0.394. The first-order valence-electron chi connectivity index (χ1n) is 4.67. The summed E-state index contributed by atoms with van der Waals surface area (Å²) in [6.07, 6.45) is 0.289. The van der Waals surface area contributed by atoms with Crippen LogP contribution >= 0.6 is 11.6 Å².